The molecule has 0 radical (unpaired) electrons. The minimum absolute atomic E-state index is 0.0589. The summed E-state index contributed by atoms with van der Waals surface area (Å²) in [5.41, 5.74) is 0.865. The molecular formula is C17H22N4O4S. The minimum atomic E-state index is -0.874. The van der Waals surface area contributed by atoms with E-state index in [0.29, 0.717) is 24.3 Å². The molecule has 140 valence electrons. The van der Waals surface area contributed by atoms with Gasteiger partial charge in [-0.05, 0) is 25.8 Å². The van der Waals surface area contributed by atoms with Crippen LogP contribution in [0.3, 0.4) is 0 Å². The lowest BCUT2D eigenvalue weighted by molar-refractivity contribution is -0.145. The van der Waals surface area contributed by atoms with Crippen molar-refractivity contribution in [2.75, 3.05) is 26.7 Å². The lowest BCUT2D eigenvalue weighted by Gasteiger charge is -2.31. The Morgan fingerprint density at radius 2 is 2.15 bits per heavy atom. The number of carboxylic acid groups (broad SMARTS) is 1. The van der Waals surface area contributed by atoms with Crippen molar-refractivity contribution >= 4 is 39.3 Å². The third kappa shape index (κ3) is 3.44. The molecule has 1 saturated heterocycles. The number of hydrogen-bond donors (Lipinski definition) is 1. The van der Waals surface area contributed by atoms with E-state index in [9.17, 15) is 14.4 Å². The smallest absolute Gasteiger partial charge is 0.308 e. The quantitative estimate of drug-likeness (QED) is 0.866. The maximum atomic E-state index is 12.7. The van der Waals surface area contributed by atoms with E-state index in [1.807, 2.05) is 20.0 Å². The number of likely N-dealkylation sites (N-methyl/N-ethyl adjacent to an activating group) is 1. The number of aromatic nitrogens is 2. The molecule has 2 aromatic heterocycles. The maximum absolute atomic E-state index is 12.7. The molecule has 26 heavy (non-hydrogen) atoms. The number of thiophene rings is 1. The van der Waals surface area contributed by atoms with Gasteiger partial charge < -0.3 is 14.9 Å². The number of fused-ring (bicyclic) bond motifs is 1. The van der Waals surface area contributed by atoms with Gasteiger partial charge in [0.15, 0.2) is 0 Å². The summed E-state index contributed by atoms with van der Waals surface area (Å²) in [6, 6.07) is 1.81. The van der Waals surface area contributed by atoms with Crippen LogP contribution in [0.4, 0.5) is 0 Å². The van der Waals surface area contributed by atoms with Crippen molar-refractivity contribution in [2.45, 2.75) is 19.8 Å². The molecule has 3 heterocycles. The van der Waals surface area contributed by atoms with Crippen molar-refractivity contribution in [3.05, 3.63) is 16.6 Å². The van der Waals surface area contributed by atoms with E-state index in [1.54, 1.807) is 16.6 Å². The van der Waals surface area contributed by atoms with E-state index in [4.69, 9.17) is 5.11 Å². The zero-order valence-electron chi connectivity index (χ0n) is 15.1. The minimum Gasteiger partial charge on any atom is -0.481 e. The topological polar surface area (TPSA) is 95.7 Å². The summed E-state index contributed by atoms with van der Waals surface area (Å²) in [7, 11) is 3.43. The van der Waals surface area contributed by atoms with Crippen molar-refractivity contribution in [2.24, 2.45) is 13.0 Å². The fourth-order valence-corrected chi connectivity index (χ4v) is 4.40. The van der Waals surface area contributed by atoms with Gasteiger partial charge in [-0.15, -0.1) is 11.3 Å². The van der Waals surface area contributed by atoms with Gasteiger partial charge in [-0.3, -0.25) is 19.1 Å². The van der Waals surface area contributed by atoms with E-state index in [0.717, 1.165) is 15.9 Å². The summed E-state index contributed by atoms with van der Waals surface area (Å²) in [5.74, 6) is -1.83. The molecule has 0 bridgehead atoms. The SMILES string of the molecule is Cc1nn(C)c2sc(C(=O)N(C)CC(=O)N3CCCC(C(=O)O)C3)cc12. The van der Waals surface area contributed by atoms with Gasteiger partial charge in [-0.2, -0.15) is 5.10 Å². The highest BCUT2D eigenvalue weighted by molar-refractivity contribution is 7.20. The van der Waals surface area contributed by atoms with Crippen molar-refractivity contribution < 1.29 is 19.5 Å². The number of hydrogen-bond acceptors (Lipinski definition) is 5. The Balaban J connectivity index is 1.67. The van der Waals surface area contributed by atoms with Crippen molar-refractivity contribution in [3.63, 3.8) is 0 Å². The molecule has 8 nitrogen and oxygen atoms in total. The molecular weight excluding hydrogens is 356 g/mol. The largest absolute Gasteiger partial charge is 0.481 e. The van der Waals surface area contributed by atoms with Gasteiger partial charge in [0, 0.05) is 32.6 Å². The van der Waals surface area contributed by atoms with Crippen LogP contribution in [0.2, 0.25) is 0 Å². The lowest BCUT2D eigenvalue weighted by atomic mass is 9.98. The molecule has 3 rings (SSSR count). The number of piperidine rings is 1. The summed E-state index contributed by atoms with van der Waals surface area (Å²) in [6.07, 6.45) is 1.26. The number of aryl methyl sites for hydroxylation is 2. The van der Waals surface area contributed by atoms with Crippen LogP contribution < -0.4 is 0 Å². The monoisotopic (exact) mass is 378 g/mol. The van der Waals surface area contributed by atoms with Crippen molar-refractivity contribution in [3.8, 4) is 0 Å². The average Bonchev–Trinajstić information content (AvgIpc) is 3.16. The fraction of sp³-hybridized carbons (Fsp3) is 0.529. The first-order valence-electron chi connectivity index (χ1n) is 8.47. The first-order chi connectivity index (χ1) is 12.3. The number of carbonyl (C=O) groups is 3. The first-order valence-corrected chi connectivity index (χ1v) is 9.28. The predicted molar refractivity (Wildman–Crippen MR) is 97.2 cm³/mol. The van der Waals surface area contributed by atoms with Crippen LogP contribution >= 0.6 is 11.3 Å². The third-order valence-electron chi connectivity index (χ3n) is 4.75. The summed E-state index contributed by atoms with van der Waals surface area (Å²) in [4.78, 5) is 40.7. The van der Waals surface area contributed by atoms with Crippen molar-refractivity contribution in [1.82, 2.24) is 19.6 Å². The van der Waals surface area contributed by atoms with Crippen LogP contribution in [-0.2, 0) is 16.6 Å². The standard InChI is InChI=1S/C17H22N4O4S/c1-10-12-7-13(26-16(12)20(3)18-10)15(23)19(2)9-14(22)21-6-4-5-11(8-21)17(24)25/h7,11H,4-6,8-9H2,1-3H3,(H,24,25). The molecule has 0 saturated carbocycles. The fourth-order valence-electron chi connectivity index (χ4n) is 3.28. The highest BCUT2D eigenvalue weighted by atomic mass is 32.1. The molecule has 1 aliphatic heterocycles. The number of nitrogens with zero attached hydrogens (tertiary/aromatic N) is 4. The van der Waals surface area contributed by atoms with Crippen LogP contribution in [0.5, 0.6) is 0 Å². The van der Waals surface area contributed by atoms with E-state index in [-0.39, 0.29) is 24.9 Å². The number of likely N-dealkylation sites (tertiary alicyclic amines) is 1. The van der Waals surface area contributed by atoms with Crippen molar-refractivity contribution in [1.29, 1.82) is 0 Å². The molecule has 0 aromatic carbocycles. The molecule has 9 heteroatoms. The average molecular weight is 378 g/mol. The van der Waals surface area contributed by atoms with Crippen LogP contribution in [0.15, 0.2) is 6.07 Å². The molecule has 1 N–H and O–H groups in total. The van der Waals surface area contributed by atoms with E-state index >= 15 is 0 Å². The second-order valence-electron chi connectivity index (χ2n) is 6.72. The molecule has 0 spiro atoms. The Hall–Kier alpha value is -2.42. The molecule has 2 aromatic rings. The zero-order chi connectivity index (χ0) is 19.0. The number of amides is 2. The molecule has 2 amide bonds. The maximum Gasteiger partial charge on any atom is 0.308 e. The molecule has 1 atom stereocenters. The molecule has 1 unspecified atom stereocenters. The predicted octanol–water partition coefficient (Wildman–Crippen LogP) is 1.34. The van der Waals surface area contributed by atoms with Crippen LogP contribution in [0.25, 0.3) is 10.2 Å². The Labute approximate surface area is 155 Å². The number of carbonyl (C=O) groups excluding carboxylic acids is 2. The Morgan fingerprint density at radius 1 is 1.42 bits per heavy atom. The van der Waals surface area contributed by atoms with Crippen LogP contribution in [-0.4, -0.2) is 69.2 Å². The van der Waals surface area contributed by atoms with Gasteiger partial charge in [-0.25, -0.2) is 0 Å². The van der Waals surface area contributed by atoms with Gasteiger partial charge in [-0.1, -0.05) is 0 Å². The zero-order valence-corrected chi connectivity index (χ0v) is 15.9. The summed E-state index contributed by atoms with van der Waals surface area (Å²) in [5, 5.41) is 14.4. The Morgan fingerprint density at radius 3 is 2.81 bits per heavy atom. The molecule has 0 aliphatic carbocycles. The lowest BCUT2D eigenvalue weighted by Crippen LogP contribution is -2.46. The number of carboxylic acids is 1. The molecule has 1 aliphatic rings. The highest BCUT2D eigenvalue weighted by Gasteiger charge is 2.29. The van der Waals surface area contributed by atoms with E-state index in [1.165, 1.54) is 16.2 Å². The Kier molecular flexibility index (Phi) is 4.99. The van der Waals surface area contributed by atoms with Crippen LogP contribution in [0.1, 0.15) is 28.2 Å². The van der Waals surface area contributed by atoms with Gasteiger partial charge in [0.25, 0.3) is 5.91 Å². The van der Waals surface area contributed by atoms with Gasteiger partial charge >= 0.3 is 5.97 Å². The second-order valence-corrected chi connectivity index (χ2v) is 7.75. The normalized spacial score (nSPS) is 17.5. The van der Waals surface area contributed by atoms with Gasteiger partial charge in [0.2, 0.25) is 5.91 Å². The number of rotatable bonds is 4. The van der Waals surface area contributed by atoms with Crippen LogP contribution in [0, 0.1) is 12.8 Å². The van der Waals surface area contributed by atoms with E-state index < -0.39 is 11.9 Å². The van der Waals surface area contributed by atoms with E-state index in [2.05, 4.69) is 5.10 Å². The Bertz CT molecular complexity index is 837. The molecule has 1 fully saturated rings. The summed E-state index contributed by atoms with van der Waals surface area (Å²) in [6.45, 7) is 2.59. The first kappa shape index (κ1) is 18.4. The third-order valence-corrected chi connectivity index (χ3v) is 5.94. The van der Waals surface area contributed by atoms with Gasteiger partial charge in [0.1, 0.15) is 4.83 Å². The van der Waals surface area contributed by atoms with Gasteiger partial charge in [0.05, 0.1) is 23.0 Å². The highest BCUT2D eigenvalue weighted by Crippen LogP contribution is 2.28. The second kappa shape index (κ2) is 7.06. The number of aliphatic carboxylic acids is 1. The summed E-state index contributed by atoms with van der Waals surface area (Å²) < 4.78 is 1.75. The summed E-state index contributed by atoms with van der Waals surface area (Å²) >= 11 is 1.35.